The van der Waals surface area contributed by atoms with E-state index in [9.17, 15) is 9.59 Å². The van der Waals surface area contributed by atoms with Crippen LogP contribution in [0.25, 0.3) is 0 Å². The first-order valence-corrected chi connectivity index (χ1v) is 9.96. The van der Waals surface area contributed by atoms with Crippen molar-refractivity contribution in [2.75, 3.05) is 5.32 Å². The van der Waals surface area contributed by atoms with Crippen LogP contribution in [0.5, 0.6) is 0 Å². The predicted molar refractivity (Wildman–Crippen MR) is 113 cm³/mol. The fourth-order valence-electron chi connectivity index (χ4n) is 3.13. The number of carbonyl (C=O) groups excluding carboxylic acids is 2. The van der Waals surface area contributed by atoms with Gasteiger partial charge in [0, 0.05) is 11.3 Å². The van der Waals surface area contributed by atoms with Crippen molar-refractivity contribution >= 4 is 46.0 Å². The Morgan fingerprint density at radius 2 is 2.00 bits per heavy atom. The molecule has 2 aromatic carbocycles. The van der Waals surface area contributed by atoms with Gasteiger partial charge < -0.3 is 5.32 Å². The first-order valence-electron chi connectivity index (χ1n) is 9.08. The van der Waals surface area contributed by atoms with E-state index in [1.165, 1.54) is 16.7 Å². The van der Waals surface area contributed by atoms with E-state index in [1.54, 1.807) is 13.8 Å². The Morgan fingerprint density at radius 1 is 1.21 bits per heavy atom. The van der Waals surface area contributed by atoms with Gasteiger partial charge >= 0.3 is 0 Å². The van der Waals surface area contributed by atoms with E-state index in [0.717, 1.165) is 22.5 Å². The van der Waals surface area contributed by atoms with Gasteiger partial charge in [-0.3, -0.25) is 14.6 Å². The van der Waals surface area contributed by atoms with Crippen molar-refractivity contribution in [1.82, 2.24) is 4.90 Å². The number of thioether (sulfide) groups is 1. The number of anilines is 1. The van der Waals surface area contributed by atoms with E-state index in [4.69, 9.17) is 0 Å². The summed E-state index contributed by atoms with van der Waals surface area (Å²) >= 11 is 1.26. The summed E-state index contributed by atoms with van der Waals surface area (Å²) in [6.45, 7) is 5.55. The Labute approximate surface area is 167 Å². The molecule has 0 saturated carbocycles. The van der Waals surface area contributed by atoms with E-state index >= 15 is 0 Å². The highest BCUT2D eigenvalue weighted by Crippen LogP contribution is 2.34. The first kappa shape index (κ1) is 18.4. The largest absolute Gasteiger partial charge is 0.325 e. The molecular weight excluding hydrogens is 372 g/mol. The zero-order chi connectivity index (χ0) is 19.8. The van der Waals surface area contributed by atoms with Crippen LogP contribution in [-0.4, -0.2) is 39.0 Å². The molecule has 2 heterocycles. The van der Waals surface area contributed by atoms with E-state index in [1.807, 2.05) is 55.5 Å². The molecule has 0 unspecified atom stereocenters. The molecular formula is C21H20N4O2S. The molecule has 1 N–H and O–H groups in total. The standard InChI is InChI=1S/C21H20N4O2S/c1-12-7-6-8-15(11-12)23-19(26)14(3)28-21-24-17-10-5-4-9-16(17)18-22-13(2)20(27)25(18)21/h4-11,13-14H,1-3H3,(H,23,26)/t13-,14+/m1/s1. The maximum absolute atomic E-state index is 12.7. The van der Waals surface area contributed by atoms with Gasteiger partial charge in [0.1, 0.15) is 11.9 Å². The summed E-state index contributed by atoms with van der Waals surface area (Å²) in [4.78, 5) is 36.0. The van der Waals surface area contributed by atoms with Crippen LogP contribution in [0, 0.1) is 6.92 Å². The summed E-state index contributed by atoms with van der Waals surface area (Å²) in [5.74, 6) is 0.342. The number of hydrogen-bond donors (Lipinski definition) is 1. The van der Waals surface area contributed by atoms with Crippen LogP contribution in [0.2, 0.25) is 0 Å². The third-order valence-electron chi connectivity index (χ3n) is 4.59. The number of nitrogens with one attached hydrogen (secondary N) is 1. The average molecular weight is 392 g/mol. The lowest BCUT2D eigenvalue weighted by atomic mass is 10.1. The molecule has 2 amide bonds. The number of benzene rings is 2. The highest BCUT2D eigenvalue weighted by atomic mass is 32.2. The summed E-state index contributed by atoms with van der Waals surface area (Å²) in [7, 11) is 0. The van der Waals surface area contributed by atoms with E-state index in [-0.39, 0.29) is 11.8 Å². The number of amides is 2. The van der Waals surface area contributed by atoms with Crippen molar-refractivity contribution in [2.45, 2.75) is 32.1 Å². The van der Waals surface area contributed by atoms with Crippen LogP contribution < -0.4 is 5.32 Å². The van der Waals surface area contributed by atoms with Crippen LogP contribution >= 0.6 is 11.8 Å². The van der Waals surface area contributed by atoms with Crippen LogP contribution in [-0.2, 0) is 9.59 Å². The van der Waals surface area contributed by atoms with Gasteiger partial charge in [-0.05, 0) is 50.6 Å². The van der Waals surface area contributed by atoms with E-state index in [2.05, 4.69) is 15.3 Å². The minimum Gasteiger partial charge on any atom is -0.325 e. The molecule has 2 aliphatic heterocycles. The first-order chi connectivity index (χ1) is 13.4. The lowest BCUT2D eigenvalue weighted by Crippen LogP contribution is -2.41. The second kappa shape index (κ2) is 7.24. The Morgan fingerprint density at radius 3 is 2.79 bits per heavy atom. The zero-order valence-corrected chi connectivity index (χ0v) is 16.7. The van der Waals surface area contributed by atoms with E-state index in [0.29, 0.717) is 11.0 Å². The fourth-order valence-corrected chi connectivity index (χ4v) is 4.05. The molecule has 7 heteroatoms. The molecule has 6 nitrogen and oxygen atoms in total. The highest BCUT2D eigenvalue weighted by molar-refractivity contribution is 8.15. The van der Waals surface area contributed by atoms with Gasteiger partial charge in [0.05, 0.1) is 10.9 Å². The summed E-state index contributed by atoms with van der Waals surface area (Å²) < 4.78 is 0. The summed E-state index contributed by atoms with van der Waals surface area (Å²) in [6.07, 6.45) is 0. The van der Waals surface area contributed by atoms with Crippen LogP contribution in [0.3, 0.4) is 0 Å². The van der Waals surface area contributed by atoms with Crippen molar-refractivity contribution < 1.29 is 9.59 Å². The van der Waals surface area contributed by atoms with Gasteiger partial charge in [-0.1, -0.05) is 36.0 Å². The highest BCUT2D eigenvalue weighted by Gasteiger charge is 2.40. The van der Waals surface area contributed by atoms with Crippen molar-refractivity contribution in [2.24, 2.45) is 9.98 Å². The number of para-hydroxylation sites is 1. The smallest absolute Gasteiger partial charge is 0.258 e. The minimum absolute atomic E-state index is 0.123. The molecule has 28 heavy (non-hydrogen) atoms. The Bertz CT molecular complexity index is 1030. The van der Waals surface area contributed by atoms with Crippen molar-refractivity contribution in [1.29, 1.82) is 0 Å². The molecule has 0 saturated heterocycles. The summed E-state index contributed by atoms with van der Waals surface area (Å²) in [5.41, 5.74) is 3.42. The number of aryl methyl sites for hydroxylation is 1. The molecule has 0 radical (unpaired) electrons. The second-order valence-corrected chi connectivity index (χ2v) is 8.14. The fraction of sp³-hybridized carbons (Fsp3) is 0.238. The normalized spacial score (nSPS) is 18.8. The second-order valence-electron chi connectivity index (χ2n) is 6.83. The van der Waals surface area contributed by atoms with E-state index < -0.39 is 11.3 Å². The monoisotopic (exact) mass is 392 g/mol. The van der Waals surface area contributed by atoms with Crippen LogP contribution in [0.15, 0.2) is 58.5 Å². The molecule has 0 bridgehead atoms. The molecule has 142 valence electrons. The van der Waals surface area contributed by atoms with Crippen LogP contribution in [0.1, 0.15) is 25.0 Å². The maximum atomic E-state index is 12.7. The van der Waals surface area contributed by atoms with Gasteiger partial charge in [-0.2, -0.15) is 0 Å². The van der Waals surface area contributed by atoms with Crippen LogP contribution in [0.4, 0.5) is 11.4 Å². The Balaban J connectivity index is 1.58. The Kier molecular flexibility index (Phi) is 4.77. The molecule has 2 aromatic rings. The van der Waals surface area contributed by atoms with Gasteiger partial charge in [0.2, 0.25) is 5.91 Å². The number of rotatable bonds is 3. The SMILES string of the molecule is Cc1cccc(NC(=O)[C@H](C)SC2=Nc3ccccc3C3=N[C@H](C)C(=O)N23)c1. The molecule has 0 spiro atoms. The third-order valence-corrected chi connectivity index (χ3v) is 5.65. The third kappa shape index (κ3) is 3.33. The zero-order valence-electron chi connectivity index (χ0n) is 15.8. The number of nitrogens with zero attached hydrogens (tertiary/aromatic N) is 3. The molecule has 0 aromatic heterocycles. The van der Waals surface area contributed by atoms with Crippen molar-refractivity contribution in [3.63, 3.8) is 0 Å². The molecule has 2 aliphatic rings. The van der Waals surface area contributed by atoms with Crippen molar-refractivity contribution in [3.05, 3.63) is 59.7 Å². The lowest BCUT2D eigenvalue weighted by molar-refractivity contribution is -0.124. The molecule has 0 fully saturated rings. The molecule has 2 atom stereocenters. The quantitative estimate of drug-likeness (QED) is 0.865. The topological polar surface area (TPSA) is 74.1 Å². The molecule has 0 aliphatic carbocycles. The number of aliphatic imine (C=N–C) groups is 2. The van der Waals surface area contributed by atoms with Gasteiger partial charge in [-0.15, -0.1) is 0 Å². The Hall–Kier alpha value is -2.93. The lowest BCUT2D eigenvalue weighted by Gasteiger charge is -2.26. The average Bonchev–Trinajstić information content (AvgIpc) is 2.97. The number of fused-ring (bicyclic) bond motifs is 3. The molecule has 4 rings (SSSR count). The number of carbonyl (C=O) groups is 2. The number of hydrogen-bond acceptors (Lipinski definition) is 5. The summed E-state index contributed by atoms with van der Waals surface area (Å²) in [5, 5.41) is 2.97. The summed E-state index contributed by atoms with van der Waals surface area (Å²) in [6, 6.07) is 14.8. The van der Waals surface area contributed by atoms with Gasteiger partial charge in [-0.25, -0.2) is 9.89 Å². The number of amidine groups is 2. The maximum Gasteiger partial charge on any atom is 0.258 e. The minimum atomic E-state index is -0.455. The van der Waals surface area contributed by atoms with Crippen molar-refractivity contribution in [3.8, 4) is 0 Å². The van der Waals surface area contributed by atoms with Gasteiger partial charge in [0.15, 0.2) is 5.17 Å². The predicted octanol–water partition coefficient (Wildman–Crippen LogP) is 3.73. The van der Waals surface area contributed by atoms with Gasteiger partial charge in [0.25, 0.3) is 5.91 Å².